The first-order chi connectivity index (χ1) is 11.2. The van der Waals surface area contributed by atoms with Gasteiger partial charge in [0, 0.05) is 18.1 Å². The molecule has 0 N–H and O–H groups in total. The molecule has 0 unspecified atom stereocenters. The zero-order valence-corrected chi connectivity index (χ0v) is 13.5. The molecule has 0 spiro atoms. The molecule has 0 heterocycles. The summed E-state index contributed by atoms with van der Waals surface area (Å²) in [5.41, 5.74) is 2.39. The standard InChI is InChI=1S/C19H20O4/c1-21-17-10-9-15(18(13-17)22-2)12-16(19(20)23-3)11-14-7-5-4-6-8-14/h4-11,13H,12H2,1-3H3/b16-11+. The zero-order valence-electron chi connectivity index (χ0n) is 13.5. The van der Waals surface area contributed by atoms with Crippen LogP contribution in [0.2, 0.25) is 0 Å². The quantitative estimate of drug-likeness (QED) is 0.605. The molecule has 4 heteroatoms. The predicted molar refractivity (Wildman–Crippen MR) is 89.7 cm³/mol. The Morgan fingerprint density at radius 3 is 2.35 bits per heavy atom. The van der Waals surface area contributed by atoms with Crippen LogP contribution in [0.1, 0.15) is 11.1 Å². The third-order valence-electron chi connectivity index (χ3n) is 3.46. The van der Waals surface area contributed by atoms with Gasteiger partial charge >= 0.3 is 5.97 Å². The van der Waals surface area contributed by atoms with Crippen molar-refractivity contribution in [1.82, 2.24) is 0 Å². The van der Waals surface area contributed by atoms with Crippen molar-refractivity contribution >= 4 is 12.0 Å². The van der Waals surface area contributed by atoms with E-state index in [1.54, 1.807) is 20.3 Å². The minimum atomic E-state index is -0.355. The van der Waals surface area contributed by atoms with Crippen LogP contribution in [-0.2, 0) is 16.0 Å². The SMILES string of the molecule is COC(=O)/C(=C/c1ccccc1)Cc1ccc(OC)cc1OC. The monoisotopic (exact) mass is 312 g/mol. The summed E-state index contributed by atoms with van der Waals surface area (Å²) in [5.74, 6) is 1.02. The van der Waals surface area contributed by atoms with Crippen molar-refractivity contribution < 1.29 is 19.0 Å². The Morgan fingerprint density at radius 1 is 1.00 bits per heavy atom. The smallest absolute Gasteiger partial charge is 0.334 e. The van der Waals surface area contributed by atoms with Crippen LogP contribution in [0.4, 0.5) is 0 Å². The first-order valence-electron chi connectivity index (χ1n) is 7.22. The fourth-order valence-corrected chi connectivity index (χ4v) is 2.27. The minimum absolute atomic E-state index is 0.355. The fourth-order valence-electron chi connectivity index (χ4n) is 2.27. The number of carbonyl (C=O) groups excluding carboxylic acids is 1. The van der Waals surface area contributed by atoms with Crippen LogP contribution in [0.25, 0.3) is 6.08 Å². The second-order valence-corrected chi connectivity index (χ2v) is 4.93. The minimum Gasteiger partial charge on any atom is -0.497 e. The first kappa shape index (κ1) is 16.6. The lowest BCUT2D eigenvalue weighted by atomic mass is 10.0. The van der Waals surface area contributed by atoms with Gasteiger partial charge in [0.1, 0.15) is 11.5 Å². The number of esters is 1. The van der Waals surface area contributed by atoms with Crippen molar-refractivity contribution in [3.8, 4) is 11.5 Å². The van der Waals surface area contributed by atoms with Gasteiger partial charge in [-0.15, -0.1) is 0 Å². The van der Waals surface area contributed by atoms with Crippen LogP contribution < -0.4 is 9.47 Å². The Bertz CT molecular complexity index is 690. The molecule has 4 nitrogen and oxygen atoms in total. The van der Waals surface area contributed by atoms with Gasteiger partial charge in [-0.3, -0.25) is 0 Å². The molecule has 0 saturated heterocycles. The maximum Gasteiger partial charge on any atom is 0.334 e. The van der Waals surface area contributed by atoms with E-state index in [2.05, 4.69) is 0 Å². The highest BCUT2D eigenvalue weighted by Crippen LogP contribution is 2.27. The summed E-state index contributed by atoms with van der Waals surface area (Å²) >= 11 is 0. The number of carbonyl (C=O) groups is 1. The van der Waals surface area contributed by atoms with Gasteiger partial charge in [-0.25, -0.2) is 4.79 Å². The van der Waals surface area contributed by atoms with Crippen molar-refractivity contribution in [1.29, 1.82) is 0 Å². The second kappa shape index (κ2) is 8.03. The van der Waals surface area contributed by atoms with Gasteiger partial charge in [0.25, 0.3) is 0 Å². The van der Waals surface area contributed by atoms with Crippen LogP contribution >= 0.6 is 0 Å². The average Bonchev–Trinajstić information content (AvgIpc) is 2.61. The number of ether oxygens (including phenoxy) is 3. The van der Waals surface area contributed by atoms with E-state index in [0.717, 1.165) is 11.1 Å². The molecule has 2 aromatic carbocycles. The molecule has 0 aliphatic carbocycles. The second-order valence-electron chi connectivity index (χ2n) is 4.93. The van der Waals surface area contributed by atoms with E-state index in [0.29, 0.717) is 23.5 Å². The molecule has 0 aliphatic heterocycles. The van der Waals surface area contributed by atoms with E-state index in [-0.39, 0.29) is 5.97 Å². The summed E-state index contributed by atoms with van der Waals surface area (Å²) < 4.78 is 15.5. The van der Waals surface area contributed by atoms with Crippen molar-refractivity contribution in [2.75, 3.05) is 21.3 Å². The lowest BCUT2D eigenvalue weighted by molar-refractivity contribution is -0.136. The van der Waals surface area contributed by atoms with Gasteiger partial charge < -0.3 is 14.2 Å². The number of methoxy groups -OCH3 is 3. The van der Waals surface area contributed by atoms with E-state index in [4.69, 9.17) is 14.2 Å². The van der Waals surface area contributed by atoms with Crippen molar-refractivity contribution in [2.45, 2.75) is 6.42 Å². The lowest BCUT2D eigenvalue weighted by Crippen LogP contribution is -2.08. The summed E-state index contributed by atoms with van der Waals surface area (Å²) in [4.78, 5) is 12.1. The van der Waals surface area contributed by atoms with E-state index in [1.807, 2.05) is 48.5 Å². The third kappa shape index (κ3) is 4.36. The van der Waals surface area contributed by atoms with Crippen LogP contribution in [0.15, 0.2) is 54.1 Å². The highest BCUT2D eigenvalue weighted by atomic mass is 16.5. The predicted octanol–water partition coefficient (Wildman–Crippen LogP) is 3.50. The molecule has 0 saturated carbocycles. The summed E-state index contributed by atoms with van der Waals surface area (Å²) in [5, 5.41) is 0. The molecule has 0 amide bonds. The average molecular weight is 312 g/mol. The van der Waals surface area contributed by atoms with Crippen LogP contribution in [0.3, 0.4) is 0 Å². The molecule has 0 bridgehead atoms. The van der Waals surface area contributed by atoms with Crippen LogP contribution in [0, 0.1) is 0 Å². The van der Waals surface area contributed by atoms with Gasteiger partial charge in [0.05, 0.1) is 21.3 Å². The van der Waals surface area contributed by atoms with Crippen LogP contribution in [0.5, 0.6) is 11.5 Å². The fraction of sp³-hybridized carbons (Fsp3) is 0.211. The number of benzene rings is 2. The molecule has 0 atom stereocenters. The van der Waals surface area contributed by atoms with E-state index < -0.39 is 0 Å². The molecule has 2 aromatic rings. The molecule has 23 heavy (non-hydrogen) atoms. The Morgan fingerprint density at radius 2 is 1.74 bits per heavy atom. The third-order valence-corrected chi connectivity index (χ3v) is 3.46. The van der Waals surface area contributed by atoms with E-state index in [1.165, 1.54) is 7.11 Å². The number of hydrogen-bond acceptors (Lipinski definition) is 4. The molecular formula is C19H20O4. The lowest BCUT2D eigenvalue weighted by Gasteiger charge is -2.12. The highest BCUT2D eigenvalue weighted by molar-refractivity contribution is 5.94. The molecule has 0 fully saturated rings. The summed E-state index contributed by atoms with van der Waals surface area (Å²) in [7, 11) is 4.58. The topological polar surface area (TPSA) is 44.8 Å². The van der Waals surface area contributed by atoms with Crippen molar-refractivity contribution in [3.05, 3.63) is 65.2 Å². The van der Waals surface area contributed by atoms with Gasteiger partial charge in [0.15, 0.2) is 0 Å². The maximum atomic E-state index is 12.1. The van der Waals surface area contributed by atoms with Gasteiger partial charge in [-0.05, 0) is 23.3 Å². The Balaban J connectivity index is 2.35. The Labute approximate surface area is 136 Å². The molecule has 0 aromatic heterocycles. The normalized spacial score (nSPS) is 11.0. The summed E-state index contributed by atoms with van der Waals surface area (Å²) in [6, 6.07) is 15.2. The Kier molecular flexibility index (Phi) is 5.80. The van der Waals surface area contributed by atoms with Gasteiger partial charge in [-0.1, -0.05) is 36.4 Å². The van der Waals surface area contributed by atoms with E-state index >= 15 is 0 Å². The van der Waals surface area contributed by atoms with Crippen molar-refractivity contribution in [3.63, 3.8) is 0 Å². The highest BCUT2D eigenvalue weighted by Gasteiger charge is 2.14. The molecule has 0 radical (unpaired) electrons. The molecular weight excluding hydrogens is 292 g/mol. The maximum absolute atomic E-state index is 12.1. The first-order valence-corrected chi connectivity index (χ1v) is 7.22. The summed E-state index contributed by atoms with van der Waals surface area (Å²) in [6.07, 6.45) is 2.24. The molecule has 2 rings (SSSR count). The van der Waals surface area contributed by atoms with Gasteiger partial charge in [0.2, 0.25) is 0 Å². The van der Waals surface area contributed by atoms with Crippen molar-refractivity contribution in [2.24, 2.45) is 0 Å². The number of rotatable bonds is 6. The summed E-state index contributed by atoms with van der Waals surface area (Å²) in [6.45, 7) is 0. The largest absolute Gasteiger partial charge is 0.497 e. The molecule has 120 valence electrons. The van der Waals surface area contributed by atoms with Crippen LogP contribution in [-0.4, -0.2) is 27.3 Å². The molecule has 0 aliphatic rings. The number of hydrogen-bond donors (Lipinski definition) is 0. The van der Waals surface area contributed by atoms with E-state index in [9.17, 15) is 4.79 Å². The zero-order chi connectivity index (χ0) is 16.7. The Hall–Kier alpha value is -2.75. The van der Waals surface area contributed by atoms with Gasteiger partial charge in [-0.2, -0.15) is 0 Å².